The van der Waals surface area contributed by atoms with Crippen LogP contribution < -0.4 is 10.1 Å². The molecule has 0 aromatic heterocycles. The highest BCUT2D eigenvalue weighted by Crippen LogP contribution is 2.21. The van der Waals surface area contributed by atoms with E-state index >= 15 is 0 Å². The average molecular weight is 484 g/mol. The van der Waals surface area contributed by atoms with E-state index in [0.29, 0.717) is 19.2 Å². The molecule has 2 aliphatic heterocycles. The number of rotatable bonds is 6. The first-order chi connectivity index (χ1) is 12.7. The summed E-state index contributed by atoms with van der Waals surface area (Å²) >= 11 is 0. The zero-order valence-corrected chi connectivity index (χ0v) is 19.1. The minimum atomic E-state index is 0. The van der Waals surface area contributed by atoms with Crippen LogP contribution in [0.3, 0.4) is 0 Å². The van der Waals surface area contributed by atoms with Crippen LogP contribution in [-0.4, -0.2) is 61.1 Å². The van der Waals surface area contributed by atoms with Gasteiger partial charge in [0.15, 0.2) is 5.96 Å². The summed E-state index contributed by atoms with van der Waals surface area (Å²) in [5.74, 6) is 2.00. The first-order valence-electron chi connectivity index (χ1n) is 9.86. The Balaban J connectivity index is 0.00000261. The van der Waals surface area contributed by atoms with Crippen LogP contribution in [0.4, 0.5) is 0 Å². The van der Waals surface area contributed by atoms with E-state index in [9.17, 15) is 0 Å². The summed E-state index contributed by atoms with van der Waals surface area (Å²) in [5, 5.41) is 3.47. The van der Waals surface area contributed by atoms with Crippen molar-refractivity contribution in [2.24, 2.45) is 4.99 Å². The lowest BCUT2D eigenvalue weighted by Crippen LogP contribution is -2.42. The van der Waals surface area contributed by atoms with Crippen LogP contribution in [0.15, 0.2) is 35.3 Å². The molecular formula is C21H33IN4O. The third kappa shape index (κ3) is 5.85. The second kappa shape index (κ2) is 10.9. The number of nitrogens with zero attached hydrogens (tertiary/aromatic N) is 3. The van der Waals surface area contributed by atoms with Gasteiger partial charge in [-0.3, -0.25) is 4.90 Å². The Morgan fingerprint density at radius 2 is 2.04 bits per heavy atom. The van der Waals surface area contributed by atoms with Crippen LogP contribution in [-0.2, 0) is 6.54 Å². The molecule has 1 saturated heterocycles. The standard InChI is InChI=1S/C21H32N4O.HI/c1-4-22-21(25-13-10-19(16-25)24-11-6-7-12-24)23-15-18-8-9-20(26-5-2)17(3)14-18;/h6-9,14,19H,4-5,10-13,15-16H2,1-3H3,(H,22,23);1H. The van der Waals surface area contributed by atoms with Crippen molar-refractivity contribution in [2.45, 2.75) is 39.8 Å². The zero-order chi connectivity index (χ0) is 18.4. The van der Waals surface area contributed by atoms with Gasteiger partial charge in [-0.15, -0.1) is 24.0 Å². The molecule has 0 saturated carbocycles. The maximum absolute atomic E-state index is 5.63. The fourth-order valence-corrected chi connectivity index (χ4v) is 3.74. The van der Waals surface area contributed by atoms with Crippen LogP contribution >= 0.6 is 24.0 Å². The van der Waals surface area contributed by atoms with E-state index in [2.05, 4.69) is 59.3 Å². The Bertz CT molecular complexity index is 654. The van der Waals surface area contributed by atoms with Gasteiger partial charge in [-0.05, 0) is 44.4 Å². The molecule has 1 unspecified atom stereocenters. The Morgan fingerprint density at radius 3 is 2.70 bits per heavy atom. The number of halogens is 1. The topological polar surface area (TPSA) is 40.1 Å². The molecule has 2 heterocycles. The van der Waals surface area contributed by atoms with Crippen molar-refractivity contribution in [3.8, 4) is 5.75 Å². The number of nitrogens with one attached hydrogen (secondary N) is 1. The van der Waals surface area contributed by atoms with Crippen molar-refractivity contribution < 1.29 is 4.74 Å². The fraction of sp³-hybridized carbons (Fsp3) is 0.571. The molecule has 3 rings (SSSR count). The van der Waals surface area contributed by atoms with Gasteiger partial charge < -0.3 is 15.0 Å². The van der Waals surface area contributed by atoms with E-state index in [1.165, 1.54) is 17.5 Å². The summed E-state index contributed by atoms with van der Waals surface area (Å²) in [5.41, 5.74) is 2.40. The zero-order valence-electron chi connectivity index (χ0n) is 16.8. The Kier molecular flexibility index (Phi) is 8.89. The maximum Gasteiger partial charge on any atom is 0.194 e. The monoisotopic (exact) mass is 484 g/mol. The summed E-state index contributed by atoms with van der Waals surface area (Å²) in [6.07, 6.45) is 5.76. The smallest absolute Gasteiger partial charge is 0.194 e. The number of benzene rings is 1. The van der Waals surface area contributed by atoms with Gasteiger partial charge in [0.25, 0.3) is 0 Å². The molecule has 1 aromatic rings. The van der Waals surface area contributed by atoms with Crippen LogP contribution in [0.2, 0.25) is 0 Å². The maximum atomic E-state index is 5.63. The molecule has 6 heteroatoms. The lowest BCUT2D eigenvalue weighted by atomic mass is 10.1. The van der Waals surface area contributed by atoms with Crippen molar-refractivity contribution >= 4 is 29.9 Å². The van der Waals surface area contributed by atoms with Crippen molar-refractivity contribution in [1.29, 1.82) is 0 Å². The van der Waals surface area contributed by atoms with Crippen molar-refractivity contribution in [3.05, 3.63) is 41.5 Å². The second-order valence-electron chi connectivity index (χ2n) is 7.02. The van der Waals surface area contributed by atoms with E-state index in [1.54, 1.807) is 0 Å². The van der Waals surface area contributed by atoms with Crippen molar-refractivity contribution in [1.82, 2.24) is 15.1 Å². The molecule has 27 heavy (non-hydrogen) atoms. The summed E-state index contributed by atoms with van der Waals surface area (Å²) in [7, 11) is 0. The van der Waals surface area contributed by atoms with Crippen molar-refractivity contribution in [2.75, 3.05) is 39.3 Å². The SMILES string of the molecule is CCNC(=NCc1ccc(OCC)c(C)c1)N1CCC(N2CC=CC2)C1.I. The lowest BCUT2D eigenvalue weighted by molar-refractivity contribution is 0.259. The summed E-state index contributed by atoms with van der Waals surface area (Å²) in [6, 6.07) is 7.00. The quantitative estimate of drug-likeness (QED) is 0.291. The van der Waals surface area contributed by atoms with Gasteiger partial charge in [-0.1, -0.05) is 24.3 Å². The number of aryl methyl sites for hydroxylation is 1. The van der Waals surface area contributed by atoms with Crippen LogP contribution in [0.25, 0.3) is 0 Å². The Hall–Kier alpha value is -1.28. The summed E-state index contributed by atoms with van der Waals surface area (Å²) < 4.78 is 5.63. The summed E-state index contributed by atoms with van der Waals surface area (Å²) in [4.78, 5) is 9.87. The van der Waals surface area contributed by atoms with Crippen LogP contribution in [0, 0.1) is 6.92 Å². The van der Waals surface area contributed by atoms with Crippen LogP contribution in [0.1, 0.15) is 31.4 Å². The van der Waals surface area contributed by atoms with E-state index in [0.717, 1.165) is 44.4 Å². The molecule has 1 aromatic carbocycles. The largest absolute Gasteiger partial charge is 0.494 e. The second-order valence-corrected chi connectivity index (χ2v) is 7.02. The summed E-state index contributed by atoms with van der Waals surface area (Å²) in [6.45, 7) is 12.9. The molecule has 5 nitrogen and oxygen atoms in total. The number of hydrogen-bond acceptors (Lipinski definition) is 3. The van der Waals surface area contributed by atoms with Gasteiger partial charge >= 0.3 is 0 Å². The molecule has 0 spiro atoms. The van der Waals surface area contributed by atoms with E-state index < -0.39 is 0 Å². The predicted molar refractivity (Wildman–Crippen MR) is 123 cm³/mol. The number of ether oxygens (including phenoxy) is 1. The Morgan fingerprint density at radius 1 is 1.26 bits per heavy atom. The molecule has 1 N–H and O–H groups in total. The number of aliphatic imine (C=N–C) groups is 1. The van der Waals surface area contributed by atoms with Gasteiger partial charge in [0.05, 0.1) is 13.2 Å². The molecule has 2 aliphatic rings. The first-order valence-corrected chi connectivity index (χ1v) is 9.86. The molecule has 0 bridgehead atoms. The Labute approximate surface area is 180 Å². The van der Waals surface area contributed by atoms with E-state index in [4.69, 9.17) is 9.73 Å². The van der Waals surface area contributed by atoms with Gasteiger partial charge in [-0.2, -0.15) is 0 Å². The minimum Gasteiger partial charge on any atom is -0.494 e. The third-order valence-corrected chi connectivity index (χ3v) is 5.11. The van der Waals surface area contributed by atoms with E-state index in [-0.39, 0.29) is 24.0 Å². The predicted octanol–water partition coefficient (Wildman–Crippen LogP) is 3.42. The molecule has 0 amide bonds. The van der Waals surface area contributed by atoms with Crippen molar-refractivity contribution in [3.63, 3.8) is 0 Å². The first kappa shape index (κ1) is 22.0. The fourth-order valence-electron chi connectivity index (χ4n) is 3.74. The molecule has 0 aliphatic carbocycles. The molecular weight excluding hydrogens is 451 g/mol. The molecule has 1 atom stereocenters. The molecule has 0 radical (unpaired) electrons. The lowest BCUT2D eigenvalue weighted by Gasteiger charge is -2.25. The average Bonchev–Trinajstić information content (AvgIpc) is 3.32. The highest BCUT2D eigenvalue weighted by atomic mass is 127. The number of guanidine groups is 1. The van der Waals surface area contributed by atoms with Gasteiger partial charge in [0, 0.05) is 38.8 Å². The van der Waals surface area contributed by atoms with E-state index in [1.807, 2.05) is 6.92 Å². The molecule has 1 fully saturated rings. The van der Waals surface area contributed by atoms with Gasteiger partial charge in [0.2, 0.25) is 0 Å². The van der Waals surface area contributed by atoms with Gasteiger partial charge in [0.1, 0.15) is 5.75 Å². The minimum absolute atomic E-state index is 0. The molecule has 150 valence electrons. The highest BCUT2D eigenvalue weighted by molar-refractivity contribution is 14.0. The number of hydrogen-bond donors (Lipinski definition) is 1. The number of likely N-dealkylation sites (tertiary alicyclic amines) is 1. The van der Waals surface area contributed by atoms with Crippen LogP contribution in [0.5, 0.6) is 5.75 Å². The third-order valence-electron chi connectivity index (χ3n) is 5.11. The highest BCUT2D eigenvalue weighted by Gasteiger charge is 2.29. The van der Waals surface area contributed by atoms with Gasteiger partial charge in [-0.25, -0.2) is 4.99 Å². The normalized spacial score (nSPS) is 20.0.